The van der Waals surface area contributed by atoms with Crippen LogP contribution in [0.15, 0.2) is 57.8 Å². The van der Waals surface area contributed by atoms with Crippen LogP contribution in [0.1, 0.15) is 5.56 Å². The average Bonchev–Trinajstić information content (AvgIpc) is 2.68. The monoisotopic (exact) mass is 427 g/mol. The minimum atomic E-state index is -3.89. The first-order chi connectivity index (χ1) is 13.2. The van der Waals surface area contributed by atoms with Gasteiger partial charge in [-0.1, -0.05) is 23.8 Å². The first kappa shape index (κ1) is 23.4. The molecule has 1 rings (SSSR count). The van der Waals surface area contributed by atoms with E-state index in [9.17, 15) is 18.0 Å². The number of nitrogens with zero attached hydrogens (tertiary/aromatic N) is 1. The lowest BCUT2D eigenvalue weighted by molar-refractivity contribution is -0.137. The van der Waals surface area contributed by atoms with Crippen LogP contribution >= 0.6 is 11.8 Å². The molecule has 0 saturated heterocycles. The molecule has 0 aliphatic heterocycles. The summed E-state index contributed by atoms with van der Waals surface area (Å²) in [6, 6.07) is 6.21. The minimum absolute atomic E-state index is 0.00357. The zero-order valence-electron chi connectivity index (χ0n) is 15.6. The molecule has 0 saturated carbocycles. The van der Waals surface area contributed by atoms with Crippen LogP contribution < -0.4 is 10.3 Å². The molecule has 0 atom stereocenters. The molecule has 0 radical (unpaired) electrons. The van der Waals surface area contributed by atoms with Gasteiger partial charge in [-0.2, -0.15) is 0 Å². The molecule has 0 aromatic heterocycles. The van der Waals surface area contributed by atoms with Gasteiger partial charge in [0, 0.05) is 6.08 Å². The van der Waals surface area contributed by atoms with E-state index in [-0.39, 0.29) is 21.5 Å². The molecule has 11 heteroatoms. The van der Waals surface area contributed by atoms with Crippen LogP contribution in [0.2, 0.25) is 0 Å². The topological polar surface area (TPSA) is 123 Å². The Bertz CT molecular complexity index is 877. The highest BCUT2D eigenvalue weighted by atomic mass is 32.2. The van der Waals surface area contributed by atoms with Crippen LogP contribution in [0.4, 0.5) is 0 Å². The molecular weight excluding hydrogens is 406 g/mol. The number of esters is 2. The highest BCUT2D eigenvalue weighted by Gasteiger charge is 2.19. The van der Waals surface area contributed by atoms with Gasteiger partial charge in [-0.3, -0.25) is 10.4 Å². The number of thioether (sulfide) groups is 1. The highest BCUT2D eigenvalue weighted by Crippen LogP contribution is 2.19. The Morgan fingerprint density at radius 1 is 1.21 bits per heavy atom. The number of ether oxygens (including phenoxy) is 2. The summed E-state index contributed by atoms with van der Waals surface area (Å²) >= 11 is 0.694. The summed E-state index contributed by atoms with van der Waals surface area (Å²) in [4.78, 5) is 29.5. The Kier molecular flexibility index (Phi) is 9.42. The zero-order valence-corrected chi connectivity index (χ0v) is 17.2. The van der Waals surface area contributed by atoms with Crippen molar-refractivity contribution >= 4 is 38.9 Å². The molecule has 0 amide bonds. The van der Waals surface area contributed by atoms with Crippen molar-refractivity contribution in [2.24, 2.45) is 4.99 Å². The summed E-state index contributed by atoms with van der Waals surface area (Å²) in [7, 11) is -1.60. The third-order valence-corrected chi connectivity index (χ3v) is 5.22. The van der Waals surface area contributed by atoms with Gasteiger partial charge < -0.3 is 9.47 Å². The fourth-order valence-corrected chi connectivity index (χ4v) is 3.31. The van der Waals surface area contributed by atoms with Crippen molar-refractivity contribution in [1.82, 2.24) is 10.3 Å². The van der Waals surface area contributed by atoms with E-state index in [2.05, 4.69) is 31.3 Å². The maximum Gasteiger partial charge on any atom is 0.345 e. The number of methoxy groups -OCH3 is 2. The normalized spacial score (nSPS) is 12.2. The van der Waals surface area contributed by atoms with Gasteiger partial charge in [-0.05, 0) is 30.8 Å². The van der Waals surface area contributed by atoms with Crippen molar-refractivity contribution in [2.75, 3.05) is 20.8 Å². The van der Waals surface area contributed by atoms with Crippen LogP contribution in [-0.2, 0) is 29.1 Å². The number of benzene rings is 1. The molecular formula is C17H21N3O6S2. The number of aryl methyl sites for hydroxylation is 1. The van der Waals surface area contributed by atoms with Crippen molar-refractivity contribution in [3.63, 3.8) is 0 Å². The lowest BCUT2D eigenvalue weighted by Crippen LogP contribution is -2.40. The van der Waals surface area contributed by atoms with E-state index in [1.165, 1.54) is 18.2 Å². The van der Waals surface area contributed by atoms with Gasteiger partial charge >= 0.3 is 11.9 Å². The fourth-order valence-electron chi connectivity index (χ4n) is 1.63. The Labute approximate surface area is 167 Å². The number of nitrogens with one attached hydrogen (secondary N) is 2. The smallest absolute Gasteiger partial charge is 0.345 e. The third kappa shape index (κ3) is 7.55. The second-order valence-electron chi connectivity index (χ2n) is 5.10. The Hall–Kier alpha value is -2.63. The Morgan fingerprint density at radius 3 is 2.39 bits per heavy atom. The van der Waals surface area contributed by atoms with E-state index >= 15 is 0 Å². The van der Waals surface area contributed by atoms with Gasteiger partial charge in [0.1, 0.15) is 4.91 Å². The van der Waals surface area contributed by atoms with Crippen molar-refractivity contribution in [3.05, 3.63) is 53.5 Å². The third-order valence-electron chi connectivity index (χ3n) is 3.03. The average molecular weight is 428 g/mol. The number of sulfonamides is 1. The van der Waals surface area contributed by atoms with E-state index in [0.29, 0.717) is 11.8 Å². The summed E-state index contributed by atoms with van der Waals surface area (Å²) in [5, 5.41) is -0.00357. The highest BCUT2D eigenvalue weighted by molar-refractivity contribution is 8.17. The molecule has 1 aromatic rings. The van der Waals surface area contributed by atoms with Gasteiger partial charge in [-0.25, -0.2) is 18.0 Å². The quantitative estimate of drug-likeness (QED) is 0.159. The Morgan fingerprint density at radius 2 is 1.86 bits per heavy atom. The number of carbonyl (C=O) groups is 2. The van der Waals surface area contributed by atoms with Crippen LogP contribution in [-0.4, -0.2) is 46.3 Å². The van der Waals surface area contributed by atoms with Crippen LogP contribution in [0.5, 0.6) is 0 Å². The van der Waals surface area contributed by atoms with Crippen molar-refractivity contribution in [1.29, 1.82) is 0 Å². The number of amidine groups is 1. The number of hydrazine groups is 1. The summed E-state index contributed by atoms with van der Waals surface area (Å²) in [6.07, 6.45) is 2.38. The lowest BCUT2D eigenvalue weighted by atomic mass is 10.2. The minimum Gasteiger partial charge on any atom is -0.466 e. The maximum atomic E-state index is 12.4. The van der Waals surface area contributed by atoms with Crippen LogP contribution in [0.3, 0.4) is 0 Å². The van der Waals surface area contributed by atoms with E-state index in [0.717, 1.165) is 25.9 Å². The summed E-state index contributed by atoms with van der Waals surface area (Å²) < 4.78 is 33.9. The summed E-state index contributed by atoms with van der Waals surface area (Å²) in [5.41, 5.74) is 3.34. The lowest BCUT2D eigenvalue weighted by Gasteiger charge is -2.12. The number of aliphatic imine (C=N–C) groups is 1. The fraction of sp³-hybridized carbons (Fsp3) is 0.235. The van der Waals surface area contributed by atoms with Gasteiger partial charge in [0.05, 0.1) is 25.7 Å². The first-order valence-electron chi connectivity index (χ1n) is 7.79. The second-order valence-corrected chi connectivity index (χ2v) is 7.82. The molecule has 28 heavy (non-hydrogen) atoms. The number of carbonyl (C=O) groups excluding carboxylic acids is 2. The van der Waals surface area contributed by atoms with Gasteiger partial charge in [0.15, 0.2) is 5.17 Å². The number of rotatable bonds is 8. The van der Waals surface area contributed by atoms with E-state index in [4.69, 9.17) is 0 Å². The maximum absolute atomic E-state index is 12.4. The van der Waals surface area contributed by atoms with E-state index in [1.807, 2.05) is 6.92 Å². The van der Waals surface area contributed by atoms with Crippen molar-refractivity contribution in [3.8, 4) is 0 Å². The molecule has 1 aromatic carbocycles. The van der Waals surface area contributed by atoms with Crippen molar-refractivity contribution in [2.45, 2.75) is 11.8 Å². The number of hydrogen-bond acceptors (Lipinski definition) is 8. The standard InChI is InChI=1S/C17H21N3O6S2/c1-5-10-18-17(27-14(16(22)26-4)11-15(21)25-3)19-20-28(23,24)13-8-6-12(2)7-9-13/h5-9,11,20H,1,10H2,2-4H3,(H,18,19)/b14-11+. The molecule has 0 fully saturated rings. The van der Waals surface area contributed by atoms with Gasteiger partial charge in [-0.15, -0.1) is 11.4 Å². The molecule has 0 aliphatic rings. The van der Waals surface area contributed by atoms with Crippen LogP contribution in [0.25, 0.3) is 0 Å². The van der Waals surface area contributed by atoms with E-state index in [1.54, 1.807) is 12.1 Å². The first-order valence-corrected chi connectivity index (χ1v) is 10.1. The molecule has 0 heterocycles. The molecule has 0 spiro atoms. The molecule has 0 aliphatic carbocycles. The SMILES string of the molecule is C=CCN=C(NNS(=O)(=O)c1ccc(C)cc1)S/C(=C/C(=O)OC)C(=O)OC. The largest absolute Gasteiger partial charge is 0.466 e. The number of hydrogen-bond donors (Lipinski definition) is 2. The van der Waals surface area contributed by atoms with Gasteiger partial charge in [0.25, 0.3) is 10.0 Å². The summed E-state index contributed by atoms with van der Waals surface area (Å²) in [6.45, 7) is 5.49. The van der Waals surface area contributed by atoms with Crippen molar-refractivity contribution < 1.29 is 27.5 Å². The molecule has 0 bridgehead atoms. The summed E-state index contributed by atoms with van der Waals surface area (Å²) in [5.74, 6) is -1.60. The molecule has 9 nitrogen and oxygen atoms in total. The van der Waals surface area contributed by atoms with Gasteiger partial charge in [0.2, 0.25) is 0 Å². The van der Waals surface area contributed by atoms with E-state index < -0.39 is 22.0 Å². The van der Waals surface area contributed by atoms with Crippen LogP contribution in [0, 0.1) is 6.92 Å². The molecule has 0 unspecified atom stereocenters. The Balaban J connectivity index is 3.03. The molecule has 152 valence electrons. The second kappa shape index (κ2) is 11.3. The molecule has 2 N–H and O–H groups in total. The predicted octanol–water partition coefficient (Wildman–Crippen LogP) is 1.28. The zero-order chi connectivity index (χ0) is 21.2. The predicted molar refractivity (Wildman–Crippen MR) is 107 cm³/mol.